The number of aryl methyl sites for hydroxylation is 1. The number of benzene rings is 2. The Balaban J connectivity index is 1.80. The van der Waals surface area contributed by atoms with Crippen LogP contribution in [0.5, 0.6) is 5.75 Å². The maximum Gasteiger partial charge on any atom is 0.249 e. The number of hydrogen-bond donors (Lipinski definition) is 2. The third kappa shape index (κ3) is 3.80. The van der Waals surface area contributed by atoms with Crippen molar-refractivity contribution < 1.29 is 4.74 Å². The molecule has 3 aromatic rings. The van der Waals surface area contributed by atoms with Crippen molar-refractivity contribution in [2.45, 2.75) is 6.92 Å². The second kappa shape index (κ2) is 7.27. The van der Waals surface area contributed by atoms with Gasteiger partial charge in [0.1, 0.15) is 5.75 Å². The molecule has 0 bridgehead atoms. The van der Waals surface area contributed by atoms with Crippen molar-refractivity contribution in [3.63, 3.8) is 0 Å². The molecular weight excluding hydrogens is 370 g/mol. The monoisotopic (exact) mass is 385 g/mol. The topological polar surface area (TPSA) is 72.0 Å². The summed E-state index contributed by atoms with van der Waals surface area (Å²) in [5, 5.41) is 14.3. The van der Waals surface area contributed by atoms with Gasteiger partial charge in [-0.1, -0.05) is 28.1 Å². The number of anilines is 4. The summed E-state index contributed by atoms with van der Waals surface area (Å²) >= 11 is 3.48. The predicted molar refractivity (Wildman–Crippen MR) is 98.3 cm³/mol. The molecule has 7 heteroatoms. The minimum absolute atomic E-state index is 0.414. The van der Waals surface area contributed by atoms with Crippen LogP contribution in [-0.4, -0.2) is 22.3 Å². The van der Waals surface area contributed by atoms with Crippen LogP contribution >= 0.6 is 15.9 Å². The van der Waals surface area contributed by atoms with Gasteiger partial charge in [-0.15, -0.1) is 5.10 Å². The number of rotatable bonds is 5. The Morgan fingerprint density at radius 1 is 1.08 bits per heavy atom. The van der Waals surface area contributed by atoms with Gasteiger partial charge in [0.15, 0.2) is 5.82 Å². The first kappa shape index (κ1) is 16.2. The summed E-state index contributed by atoms with van der Waals surface area (Å²) in [7, 11) is 1.63. The van der Waals surface area contributed by atoms with Crippen molar-refractivity contribution in [1.82, 2.24) is 15.2 Å². The van der Waals surface area contributed by atoms with Gasteiger partial charge in [0.25, 0.3) is 0 Å². The van der Waals surface area contributed by atoms with Crippen LogP contribution in [-0.2, 0) is 0 Å². The lowest BCUT2D eigenvalue weighted by Crippen LogP contribution is -2.03. The fourth-order valence-electron chi connectivity index (χ4n) is 2.15. The molecule has 0 aliphatic carbocycles. The molecule has 2 N–H and O–H groups in total. The number of nitrogens with zero attached hydrogens (tertiary/aromatic N) is 3. The summed E-state index contributed by atoms with van der Waals surface area (Å²) in [5.74, 6) is 1.72. The highest BCUT2D eigenvalue weighted by atomic mass is 79.9. The van der Waals surface area contributed by atoms with Crippen molar-refractivity contribution in [3.05, 3.63) is 58.7 Å². The van der Waals surface area contributed by atoms with Gasteiger partial charge in [-0.2, -0.15) is 10.1 Å². The lowest BCUT2D eigenvalue weighted by molar-refractivity contribution is 0.417. The molecule has 0 spiro atoms. The quantitative estimate of drug-likeness (QED) is 0.676. The molecule has 1 heterocycles. The van der Waals surface area contributed by atoms with E-state index >= 15 is 0 Å². The Kier molecular flexibility index (Phi) is 4.90. The molecule has 0 unspecified atom stereocenters. The highest BCUT2D eigenvalue weighted by molar-refractivity contribution is 9.10. The van der Waals surface area contributed by atoms with E-state index in [9.17, 15) is 0 Å². The standard InChI is InChI=1S/C17H16BrN5O/c1-11-9-12(7-8-13(11)18)20-17-22-16(10-19-23-17)21-14-5-3-4-6-15(14)24-2/h3-10H,1-2H3,(H2,20,21,22,23). The van der Waals surface area contributed by atoms with Gasteiger partial charge in [-0.25, -0.2) is 0 Å². The second-order valence-electron chi connectivity index (χ2n) is 5.08. The first-order valence-electron chi connectivity index (χ1n) is 7.28. The summed E-state index contributed by atoms with van der Waals surface area (Å²) in [4.78, 5) is 4.43. The van der Waals surface area contributed by atoms with E-state index in [1.165, 1.54) is 0 Å². The highest BCUT2D eigenvalue weighted by Crippen LogP contribution is 2.26. The van der Waals surface area contributed by atoms with Gasteiger partial charge in [0.05, 0.1) is 19.0 Å². The Labute approximate surface area is 148 Å². The van der Waals surface area contributed by atoms with Crippen molar-refractivity contribution in [2.24, 2.45) is 0 Å². The Morgan fingerprint density at radius 3 is 2.71 bits per heavy atom. The average molecular weight is 386 g/mol. The van der Waals surface area contributed by atoms with Gasteiger partial charge in [0.2, 0.25) is 5.95 Å². The molecule has 0 fully saturated rings. The van der Waals surface area contributed by atoms with Crippen LogP contribution in [0.15, 0.2) is 53.1 Å². The lowest BCUT2D eigenvalue weighted by Gasteiger charge is -2.11. The van der Waals surface area contributed by atoms with Crippen molar-refractivity contribution in [2.75, 3.05) is 17.7 Å². The molecule has 24 heavy (non-hydrogen) atoms. The predicted octanol–water partition coefficient (Wildman–Crippen LogP) is 4.44. The molecule has 3 rings (SSSR count). The molecule has 0 radical (unpaired) electrons. The van der Waals surface area contributed by atoms with E-state index in [1.807, 2.05) is 49.4 Å². The molecule has 0 aliphatic heterocycles. The fraction of sp³-hybridized carbons (Fsp3) is 0.118. The molecule has 0 aliphatic rings. The van der Waals surface area contributed by atoms with Crippen LogP contribution in [0.25, 0.3) is 0 Å². The summed E-state index contributed by atoms with van der Waals surface area (Å²) in [6.07, 6.45) is 1.56. The van der Waals surface area contributed by atoms with E-state index in [0.717, 1.165) is 27.2 Å². The zero-order chi connectivity index (χ0) is 16.9. The van der Waals surface area contributed by atoms with Crippen LogP contribution in [0.2, 0.25) is 0 Å². The fourth-order valence-corrected chi connectivity index (χ4v) is 2.40. The van der Waals surface area contributed by atoms with Gasteiger partial charge >= 0.3 is 0 Å². The summed E-state index contributed by atoms with van der Waals surface area (Å²) < 4.78 is 6.38. The Bertz CT molecular complexity index is 856. The minimum Gasteiger partial charge on any atom is -0.495 e. The molecule has 1 aromatic heterocycles. The largest absolute Gasteiger partial charge is 0.495 e. The molecule has 0 saturated carbocycles. The maximum atomic E-state index is 5.32. The normalized spacial score (nSPS) is 10.3. The van der Waals surface area contributed by atoms with Gasteiger partial charge < -0.3 is 15.4 Å². The van der Waals surface area contributed by atoms with Crippen LogP contribution in [0.1, 0.15) is 5.56 Å². The third-order valence-corrected chi connectivity index (χ3v) is 4.23. The van der Waals surface area contributed by atoms with Crippen LogP contribution < -0.4 is 15.4 Å². The van der Waals surface area contributed by atoms with Gasteiger partial charge in [-0.3, -0.25) is 0 Å². The smallest absolute Gasteiger partial charge is 0.249 e. The second-order valence-corrected chi connectivity index (χ2v) is 5.93. The molecular formula is C17H16BrN5O. The van der Waals surface area contributed by atoms with E-state index in [4.69, 9.17) is 4.74 Å². The van der Waals surface area contributed by atoms with E-state index in [1.54, 1.807) is 13.3 Å². The number of ether oxygens (including phenoxy) is 1. The number of para-hydroxylation sites is 2. The number of hydrogen-bond acceptors (Lipinski definition) is 6. The van der Waals surface area contributed by atoms with Crippen molar-refractivity contribution in [1.29, 1.82) is 0 Å². The van der Waals surface area contributed by atoms with Crippen molar-refractivity contribution >= 4 is 39.1 Å². The van der Waals surface area contributed by atoms with Crippen LogP contribution in [0.3, 0.4) is 0 Å². The molecule has 0 atom stereocenters. The maximum absolute atomic E-state index is 5.32. The minimum atomic E-state index is 0.414. The number of aromatic nitrogens is 3. The lowest BCUT2D eigenvalue weighted by atomic mass is 10.2. The summed E-state index contributed by atoms with van der Waals surface area (Å²) in [5.41, 5.74) is 2.83. The third-order valence-electron chi connectivity index (χ3n) is 3.34. The zero-order valence-corrected chi connectivity index (χ0v) is 14.8. The van der Waals surface area contributed by atoms with Crippen molar-refractivity contribution in [3.8, 4) is 5.75 Å². The molecule has 0 amide bonds. The zero-order valence-electron chi connectivity index (χ0n) is 13.2. The van der Waals surface area contributed by atoms with Gasteiger partial charge in [0, 0.05) is 10.2 Å². The van der Waals surface area contributed by atoms with Crippen LogP contribution in [0.4, 0.5) is 23.1 Å². The van der Waals surface area contributed by atoms with E-state index in [-0.39, 0.29) is 0 Å². The first-order chi connectivity index (χ1) is 11.7. The van der Waals surface area contributed by atoms with E-state index in [0.29, 0.717) is 11.8 Å². The molecule has 6 nitrogen and oxygen atoms in total. The first-order valence-corrected chi connectivity index (χ1v) is 8.08. The Morgan fingerprint density at radius 2 is 1.92 bits per heavy atom. The Hall–Kier alpha value is -2.67. The van der Waals surface area contributed by atoms with E-state index in [2.05, 4.69) is 41.7 Å². The average Bonchev–Trinajstić information content (AvgIpc) is 2.59. The number of nitrogens with one attached hydrogen (secondary N) is 2. The van der Waals surface area contributed by atoms with E-state index < -0.39 is 0 Å². The molecule has 0 saturated heterocycles. The SMILES string of the molecule is COc1ccccc1Nc1cnnc(Nc2ccc(Br)c(C)c2)n1. The van der Waals surface area contributed by atoms with Crippen LogP contribution in [0, 0.1) is 6.92 Å². The summed E-state index contributed by atoms with van der Waals surface area (Å²) in [6, 6.07) is 13.5. The molecule has 122 valence electrons. The molecule has 2 aromatic carbocycles. The highest BCUT2D eigenvalue weighted by Gasteiger charge is 2.06. The summed E-state index contributed by atoms with van der Waals surface area (Å²) in [6.45, 7) is 2.02. The number of methoxy groups -OCH3 is 1. The number of halogens is 1. The van der Waals surface area contributed by atoms with Gasteiger partial charge in [-0.05, 0) is 42.8 Å².